The number of nitrogens with one attached hydrogen (secondary N) is 1. The first-order valence-electron chi connectivity index (χ1n) is 7.81. The van der Waals surface area contributed by atoms with Crippen LogP contribution in [0.3, 0.4) is 0 Å². The first-order valence-corrected chi connectivity index (χ1v) is 7.81. The van der Waals surface area contributed by atoms with E-state index in [2.05, 4.69) is 37.9 Å². The molecule has 2 atom stereocenters. The van der Waals surface area contributed by atoms with Gasteiger partial charge in [-0.25, -0.2) is 0 Å². The summed E-state index contributed by atoms with van der Waals surface area (Å²) in [6, 6.07) is 0.599. The summed E-state index contributed by atoms with van der Waals surface area (Å²) in [4.78, 5) is 2.56. The van der Waals surface area contributed by atoms with E-state index >= 15 is 0 Å². The molecule has 0 aliphatic carbocycles. The summed E-state index contributed by atoms with van der Waals surface area (Å²) < 4.78 is 11.2. The quantitative estimate of drug-likeness (QED) is 0.650. The summed E-state index contributed by atoms with van der Waals surface area (Å²) in [6.07, 6.45) is 2.99. The molecule has 19 heavy (non-hydrogen) atoms. The minimum Gasteiger partial charge on any atom is -0.379 e. The van der Waals surface area contributed by atoms with Crippen LogP contribution in [0, 0.1) is 0 Å². The maximum Gasteiger partial charge on any atom is 0.0674 e. The summed E-state index contributed by atoms with van der Waals surface area (Å²) in [7, 11) is 0. The van der Waals surface area contributed by atoms with Gasteiger partial charge in [0.05, 0.1) is 18.8 Å². The van der Waals surface area contributed by atoms with E-state index in [0.717, 1.165) is 45.8 Å². The molecular weight excluding hydrogens is 240 g/mol. The zero-order valence-electron chi connectivity index (χ0n) is 13.2. The van der Waals surface area contributed by atoms with Gasteiger partial charge in [0.25, 0.3) is 0 Å². The Hall–Kier alpha value is -0.160. The largest absolute Gasteiger partial charge is 0.379 e. The van der Waals surface area contributed by atoms with Crippen LogP contribution < -0.4 is 5.32 Å². The normalized spacial score (nSPS) is 25.1. The van der Waals surface area contributed by atoms with Crippen molar-refractivity contribution >= 4 is 0 Å². The Morgan fingerprint density at radius 2 is 2.16 bits per heavy atom. The summed E-state index contributed by atoms with van der Waals surface area (Å²) in [5.41, 5.74) is 0. The summed E-state index contributed by atoms with van der Waals surface area (Å²) in [5.74, 6) is 0. The highest BCUT2D eigenvalue weighted by atomic mass is 16.5. The molecular formula is C15H32N2O2. The standard InChI is InChI=1S/C15H32N2O2/c1-5-15-12-19-14(4)11-17(15)9-8-16-7-6-10-18-13(2)3/h13-16H,5-12H2,1-4H3. The van der Waals surface area contributed by atoms with Gasteiger partial charge in [-0.05, 0) is 40.2 Å². The number of hydrogen-bond acceptors (Lipinski definition) is 4. The Morgan fingerprint density at radius 1 is 1.37 bits per heavy atom. The van der Waals surface area contributed by atoms with Gasteiger partial charge in [-0.15, -0.1) is 0 Å². The average Bonchev–Trinajstić information content (AvgIpc) is 2.37. The van der Waals surface area contributed by atoms with E-state index in [9.17, 15) is 0 Å². The van der Waals surface area contributed by atoms with Gasteiger partial charge in [0.2, 0.25) is 0 Å². The molecule has 114 valence electrons. The van der Waals surface area contributed by atoms with Gasteiger partial charge in [0, 0.05) is 32.3 Å². The van der Waals surface area contributed by atoms with Crippen molar-refractivity contribution in [3.05, 3.63) is 0 Å². The van der Waals surface area contributed by atoms with Gasteiger partial charge >= 0.3 is 0 Å². The minimum absolute atomic E-state index is 0.347. The van der Waals surface area contributed by atoms with E-state index in [1.807, 2.05) is 0 Å². The van der Waals surface area contributed by atoms with Crippen LogP contribution in [0.2, 0.25) is 0 Å². The molecule has 1 rings (SSSR count). The molecule has 0 aromatic carbocycles. The zero-order chi connectivity index (χ0) is 14.1. The Bertz CT molecular complexity index is 224. The fourth-order valence-electron chi connectivity index (χ4n) is 2.43. The van der Waals surface area contributed by atoms with Gasteiger partial charge in [-0.3, -0.25) is 4.90 Å². The van der Waals surface area contributed by atoms with Gasteiger partial charge in [0.1, 0.15) is 0 Å². The third kappa shape index (κ3) is 7.25. The maximum absolute atomic E-state index is 5.71. The smallest absolute Gasteiger partial charge is 0.0674 e. The topological polar surface area (TPSA) is 33.7 Å². The van der Waals surface area contributed by atoms with Gasteiger partial charge < -0.3 is 14.8 Å². The molecule has 4 heteroatoms. The van der Waals surface area contributed by atoms with Crippen LogP contribution in [0.4, 0.5) is 0 Å². The van der Waals surface area contributed by atoms with Gasteiger partial charge in [-0.1, -0.05) is 6.92 Å². The Balaban J connectivity index is 2.04. The molecule has 1 aliphatic rings. The molecule has 0 aromatic rings. The number of nitrogens with zero attached hydrogens (tertiary/aromatic N) is 1. The lowest BCUT2D eigenvalue weighted by atomic mass is 10.1. The third-order valence-electron chi connectivity index (χ3n) is 3.58. The summed E-state index contributed by atoms with van der Waals surface area (Å²) in [5, 5.41) is 3.50. The summed E-state index contributed by atoms with van der Waals surface area (Å²) in [6.45, 7) is 14.6. The van der Waals surface area contributed by atoms with Crippen molar-refractivity contribution in [2.45, 2.75) is 58.8 Å². The predicted molar refractivity (Wildman–Crippen MR) is 79.6 cm³/mol. The molecule has 0 aromatic heterocycles. The molecule has 0 spiro atoms. The van der Waals surface area contributed by atoms with E-state index in [1.165, 1.54) is 6.42 Å². The number of rotatable bonds is 9. The monoisotopic (exact) mass is 272 g/mol. The highest BCUT2D eigenvalue weighted by Gasteiger charge is 2.24. The van der Waals surface area contributed by atoms with E-state index in [4.69, 9.17) is 9.47 Å². The first kappa shape index (κ1) is 16.9. The lowest BCUT2D eigenvalue weighted by Crippen LogP contribution is -2.50. The molecule has 0 saturated carbocycles. The molecule has 1 N–H and O–H groups in total. The fraction of sp³-hybridized carbons (Fsp3) is 1.00. The number of morpholine rings is 1. The minimum atomic E-state index is 0.347. The van der Waals surface area contributed by atoms with Gasteiger partial charge in [0.15, 0.2) is 0 Å². The molecule has 1 saturated heterocycles. The molecule has 1 heterocycles. The van der Waals surface area contributed by atoms with Crippen molar-refractivity contribution in [1.82, 2.24) is 10.2 Å². The van der Waals surface area contributed by atoms with Crippen molar-refractivity contribution in [3.8, 4) is 0 Å². The van der Waals surface area contributed by atoms with Crippen molar-refractivity contribution in [1.29, 1.82) is 0 Å². The van der Waals surface area contributed by atoms with Crippen LogP contribution >= 0.6 is 0 Å². The Labute approximate surface area is 118 Å². The number of hydrogen-bond donors (Lipinski definition) is 1. The lowest BCUT2D eigenvalue weighted by Gasteiger charge is -2.38. The second-order valence-corrected chi connectivity index (χ2v) is 5.72. The average molecular weight is 272 g/mol. The first-order chi connectivity index (χ1) is 9.13. The maximum atomic E-state index is 5.71. The van der Waals surface area contributed by atoms with Gasteiger partial charge in [-0.2, -0.15) is 0 Å². The zero-order valence-corrected chi connectivity index (χ0v) is 13.2. The third-order valence-corrected chi connectivity index (χ3v) is 3.58. The van der Waals surface area contributed by atoms with Crippen molar-refractivity contribution in [2.24, 2.45) is 0 Å². The van der Waals surface area contributed by atoms with E-state index < -0.39 is 0 Å². The molecule has 0 amide bonds. The van der Waals surface area contributed by atoms with Crippen molar-refractivity contribution in [3.63, 3.8) is 0 Å². The van der Waals surface area contributed by atoms with E-state index in [0.29, 0.717) is 18.2 Å². The highest BCUT2D eigenvalue weighted by molar-refractivity contribution is 4.77. The molecule has 1 fully saturated rings. The molecule has 1 aliphatic heterocycles. The van der Waals surface area contributed by atoms with Crippen LogP contribution in [0.25, 0.3) is 0 Å². The second-order valence-electron chi connectivity index (χ2n) is 5.72. The Morgan fingerprint density at radius 3 is 2.84 bits per heavy atom. The highest BCUT2D eigenvalue weighted by Crippen LogP contribution is 2.13. The lowest BCUT2D eigenvalue weighted by molar-refractivity contribution is -0.0550. The number of ether oxygens (including phenoxy) is 2. The van der Waals surface area contributed by atoms with Crippen LogP contribution in [-0.2, 0) is 9.47 Å². The second kappa shape index (κ2) is 9.70. The molecule has 4 nitrogen and oxygen atoms in total. The molecule has 0 radical (unpaired) electrons. The fourth-order valence-corrected chi connectivity index (χ4v) is 2.43. The Kier molecular flexibility index (Phi) is 8.62. The van der Waals surface area contributed by atoms with Crippen LogP contribution in [0.15, 0.2) is 0 Å². The molecule has 2 unspecified atom stereocenters. The van der Waals surface area contributed by atoms with E-state index in [-0.39, 0.29) is 0 Å². The van der Waals surface area contributed by atoms with Crippen molar-refractivity contribution < 1.29 is 9.47 Å². The van der Waals surface area contributed by atoms with E-state index in [1.54, 1.807) is 0 Å². The molecule has 0 bridgehead atoms. The van der Waals surface area contributed by atoms with Crippen molar-refractivity contribution in [2.75, 3.05) is 39.4 Å². The van der Waals surface area contributed by atoms with Crippen LogP contribution in [0.5, 0.6) is 0 Å². The van der Waals surface area contributed by atoms with Crippen LogP contribution in [0.1, 0.15) is 40.5 Å². The SMILES string of the molecule is CCC1COC(C)CN1CCNCCCOC(C)C. The summed E-state index contributed by atoms with van der Waals surface area (Å²) >= 11 is 0. The van der Waals surface area contributed by atoms with Crippen LogP contribution in [-0.4, -0.2) is 62.5 Å². The predicted octanol–water partition coefficient (Wildman–Crippen LogP) is 1.89.